The van der Waals surface area contributed by atoms with Crippen molar-refractivity contribution < 1.29 is 14.3 Å². The lowest BCUT2D eigenvalue weighted by atomic mass is 10.3. The van der Waals surface area contributed by atoms with Gasteiger partial charge in [-0.15, -0.1) is 0 Å². The van der Waals surface area contributed by atoms with E-state index in [1.807, 2.05) is 17.0 Å². The number of rotatable bonds is 3. The van der Waals surface area contributed by atoms with Crippen LogP contribution in [0.25, 0.3) is 5.69 Å². The number of aromatic hydroxyl groups is 1. The topological polar surface area (TPSA) is 87.4 Å². The van der Waals surface area contributed by atoms with Crippen molar-refractivity contribution in [1.82, 2.24) is 19.7 Å². The van der Waals surface area contributed by atoms with Crippen molar-refractivity contribution in [2.45, 2.75) is 19.1 Å². The van der Waals surface area contributed by atoms with Crippen LogP contribution in [-0.4, -0.2) is 50.0 Å². The SMILES string of the molecule is O=C1c2cn(-c3ccc(N4CC[C@@H](F)C4)nc3)nc2CN1c1ncccc1O. The number of carbonyl (C=O) groups is 1. The van der Waals surface area contributed by atoms with Crippen molar-refractivity contribution in [2.24, 2.45) is 0 Å². The molecule has 9 heteroatoms. The Labute approximate surface area is 159 Å². The first-order valence-corrected chi connectivity index (χ1v) is 9.00. The van der Waals surface area contributed by atoms with Gasteiger partial charge in [0.15, 0.2) is 11.6 Å². The van der Waals surface area contributed by atoms with Gasteiger partial charge in [0.25, 0.3) is 5.91 Å². The van der Waals surface area contributed by atoms with Crippen LogP contribution in [0.1, 0.15) is 22.5 Å². The third kappa shape index (κ3) is 2.67. The molecule has 2 aliphatic rings. The Morgan fingerprint density at radius 3 is 2.79 bits per heavy atom. The number of nitrogens with zero attached hydrogens (tertiary/aromatic N) is 6. The molecular formula is C19H17FN6O2. The number of aromatic nitrogens is 4. The molecule has 1 saturated heterocycles. The Hall–Kier alpha value is -3.49. The second-order valence-electron chi connectivity index (χ2n) is 6.88. The highest BCUT2D eigenvalue weighted by atomic mass is 19.1. The van der Waals surface area contributed by atoms with E-state index in [-0.39, 0.29) is 24.0 Å². The molecule has 3 aromatic heterocycles. The summed E-state index contributed by atoms with van der Waals surface area (Å²) in [4.78, 5) is 24.5. The van der Waals surface area contributed by atoms with Crippen LogP contribution in [0, 0.1) is 0 Å². The number of hydrogen-bond donors (Lipinski definition) is 1. The van der Waals surface area contributed by atoms with Gasteiger partial charge in [0, 0.05) is 18.9 Å². The first-order chi connectivity index (χ1) is 13.6. The number of carbonyl (C=O) groups excluding carboxylic acids is 1. The summed E-state index contributed by atoms with van der Waals surface area (Å²) in [6.07, 6.45) is 4.57. The van der Waals surface area contributed by atoms with E-state index in [0.29, 0.717) is 36.5 Å². The highest BCUT2D eigenvalue weighted by molar-refractivity contribution is 6.09. The van der Waals surface area contributed by atoms with E-state index in [9.17, 15) is 14.3 Å². The molecule has 0 aromatic carbocycles. The van der Waals surface area contributed by atoms with E-state index in [1.165, 1.54) is 17.2 Å². The normalized spacial score (nSPS) is 18.8. The third-order valence-electron chi connectivity index (χ3n) is 5.05. The minimum absolute atomic E-state index is 0.0499. The van der Waals surface area contributed by atoms with Crippen molar-refractivity contribution in [3.05, 3.63) is 54.1 Å². The first-order valence-electron chi connectivity index (χ1n) is 9.00. The Balaban J connectivity index is 1.38. The van der Waals surface area contributed by atoms with Crippen molar-refractivity contribution in [2.75, 3.05) is 22.9 Å². The molecule has 0 bridgehead atoms. The summed E-state index contributed by atoms with van der Waals surface area (Å²) in [7, 11) is 0. The number of fused-ring (bicyclic) bond motifs is 1. The molecule has 2 aliphatic heterocycles. The zero-order chi connectivity index (χ0) is 19.3. The zero-order valence-corrected chi connectivity index (χ0v) is 14.9. The summed E-state index contributed by atoms with van der Waals surface area (Å²) >= 11 is 0. The van der Waals surface area contributed by atoms with Crippen molar-refractivity contribution >= 4 is 17.5 Å². The van der Waals surface area contributed by atoms with Crippen molar-refractivity contribution in [3.63, 3.8) is 0 Å². The largest absolute Gasteiger partial charge is 0.504 e. The average Bonchev–Trinajstić information content (AvgIpc) is 3.39. The van der Waals surface area contributed by atoms with E-state index >= 15 is 0 Å². The summed E-state index contributed by atoms with van der Waals surface area (Å²) in [5.41, 5.74) is 1.79. The number of alkyl halides is 1. The van der Waals surface area contributed by atoms with Gasteiger partial charge in [0.05, 0.1) is 36.2 Å². The molecule has 3 aromatic rings. The van der Waals surface area contributed by atoms with E-state index in [1.54, 1.807) is 23.1 Å². The van der Waals surface area contributed by atoms with Crippen molar-refractivity contribution in [3.8, 4) is 11.4 Å². The molecule has 5 heterocycles. The quantitative estimate of drug-likeness (QED) is 0.749. The number of pyridine rings is 2. The third-order valence-corrected chi connectivity index (χ3v) is 5.05. The van der Waals surface area contributed by atoms with Gasteiger partial charge in [-0.25, -0.2) is 19.0 Å². The maximum Gasteiger partial charge on any atom is 0.263 e. The standard InChI is InChI=1S/C19H17FN6O2/c20-12-5-7-24(9-12)17-4-3-13(8-22-17)26-10-14-15(23-26)11-25(19(14)28)18-16(27)2-1-6-21-18/h1-4,6,8,10,12,27H,5,7,9,11H2/t12-/m1/s1. The second kappa shape index (κ2) is 6.29. The lowest BCUT2D eigenvalue weighted by Gasteiger charge is -2.16. The number of anilines is 2. The van der Waals surface area contributed by atoms with Crippen LogP contribution < -0.4 is 9.80 Å². The van der Waals surface area contributed by atoms with E-state index in [0.717, 1.165) is 5.82 Å². The van der Waals surface area contributed by atoms with E-state index in [2.05, 4.69) is 15.1 Å². The first kappa shape index (κ1) is 16.7. The van der Waals surface area contributed by atoms with Crippen LogP contribution in [0.5, 0.6) is 5.75 Å². The Morgan fingerprint density at radius 2 is 2.11 bits per heavy atom. The van der Waals surface area contributed by atoms with E-state index < -0.39 is 6.17 Å². The Morgan fingerprint density at radius 1 is 1.21 bits per heavy atom. The molecule has 0 radical (unpaired) electrons. The van der Waals surface area contributed by atoms with Crippen LogP contribution in [0.2, 0.25) is 0 Å². The molecule has 1 N–H and O–H groups in total. The zero-order valence-electron chi connectivity index (χ0n) is 14.9. The molecule has 0 unspecified atom stereocenters. The average molecular weight is 380 g/mol. The lowest BCUT2D eigenvalue weighted by Crippen LogP contribution is -2.25. The number of amides is 1. The minimum Gasteiger partial charge on any atom is -0.504 e. The molecule has 5 rings (SSSR count). The second-order valence-corrected chi connectivity index (χ2v) is 6.88. The van der Waals surface area contributed by atoms with Gasteiger partial charge in [0.1, 0.15) is 12.0 Å². The van der Waals surface area contributed by atoms with Gasteiger partial charge in [-0.2, -0.15) is 5.10 Å². The molecule has 0 aliphatic carbocycles. The number of halogens is 1. The molecule has 1 fully saturated rings. The Bertz CT molecular complexity index is 1050. The molecule has 0 saturated carbocycles. The Kier molecular flexibility index (Phi) is 3.75. The minimum atomic E-state index is -0.803. The van der Waals surface area contributed by atoms with Crippen LogP contribution in [0.4, 0.5) is 16.0 Å². The molecule has 0 spiro atoms. The van der Waals surface area contributed by atoms with Crippen LogP contribution in [0.3, 0.4) is 0 Å². The maximum atomic E-state index is 13.4. The summed E-state index contributed by atoms with van der Waals surface area (Å²) in [5.74, 6) is 0.647. The van der Waals surface area contributed by atoms with Gasteiger partial charge in [0.2, 0.25) is 0 Å². The summed E-state index contributed by atoms with van der Waals surface area (Å²) in [6.45, 7) is 1.27. The van der Waals surface area contributed by atoms with Gasteiger partial charge < -0.3 is 10.0 Å². The summed E-state index contributed by atoms with van der Waals surface area (Å²) in [6, 6.07) is 6.78. The number of hydrogen-bond acceptors (Lipinski definition) is 6. The molecule has 142 valence electrons. The maximum absolute atomic E-state index is 13.4. The van der Waals surface area contributed by atoms with Gasteiger partial charge in [-0.3, -0.25) is 9.69 Å². The molecular weight excluding hydrogens is 363 g/mol. The van der Waals surface area contributed by atoms with Gasteiger partial charge in [-0.1, -0.05) is 0 Å². The fraction of sp³-hybridized carbons (Fsp3) is 0.263. The lowest BCUT2D eigenvalue weighted by molar-refractivity contribution is 0.0995. The molecule has 8 nitrogen and oxygen atoms in total. The molecule has 1 amide bonds. The van der Waals surface area contributed by atoms with Crippen LogP contribution in [-0.2, 0) is 6.54 Å². The summed E-state index contributed by atoms with van der Waals surface area (Å²) < 4.78 is 15.0. The highest BCUT2D eigenvalue weighted by Crippen LogP contribution is 2.32. The molecule has 1 atom stereocenters. The van der Waals surface area contributed by atoms with Crippen LogP contribution in [0.15, 0.2) is 42.9 Å². The summed E-state index contributed by atoms with van der Waals surface area (Å²) in [5, 5.41) is 14.4. The predicted molar refractivity (Wildman–Crippen MR) is 99.5 cm³/mol. The van der Waals surface area contributed by atoms with Crippen LogP contribution >= 0.6 is 0 Å². The van der Waals surface area contributed by atoms with E-state index in [4.69, 9.17) is 0 Å². The van der Waals surface area contributed by atoms with Gasteiger partial charge in [-0.05, 0) is 30.7 Å². The molecule has 28 heavy (non-hydrogen) atoms. The fourth-order valence-corrected chi connectivity index (χ4v) is 3.60. The smallest absolute Gasteiger partial charge is 0.263 e. The van der Waals surface area contributed by atoms with Crippen molar-refractivity contribution in [1.29, 1.82) is 0 Å². The fourth-order valence-electron chi connectivity index (χ4n) is 3.60. The monoisotopic (exact) mass is 380 g/mol. The predicted octanol–water partition coefficient (Wildman–Crippen LogP) is 2.08. The highest BCUT2D eigenvalue weighted by Gasteiger charge is 2.34. The van der Waals surface area contributed by atoms with Gasteiger partial charge >= 0.3 is 0 Å².